The van der Waals surface area contributed by atoms with E-state index in [1.165, 1.54) is 48.7 Å². The first-order valence-corrected chi connectivity index (χ1v) is 13.2. The van der Waals surface area contributed by atoms with Crippen LogP contribution in [0.1, 0.15) is 22.8 Å². The molecule has 0 saturated carbocycles. The van der Waals surface area contributed by atoms with Crippen molar-refractivity contribution in [2.75, 3.05) is 56.9 Å². The minimum Gasteiger partial charge on any atom is -0.496 e. The fourth-order valence-corrected chi connectivity index (χ4v) is 4.93. The number of carbonyl (C=O) groups excluding carboxylic acids is 1. The van der Waals surface area contributed by atoms with E-state index < -0.39 is 18.2 Å². The van der Waals surface area contributed by atoms with Crippen molar-refractivity contribution in [1.29, 1.82) is 0 Å². The molecular formula is C32H36O11. The van der Waals surface area contributed by atoms with E-state index >= 15 is 0 Å². The molecule has 230 valence electrons. The molecule has 0 fully saturated rings. The monoisotopic (exact) mass is 596 g/mol. The Balaban J connectivity index is 1.72. The summed E-state index contributed by atoms with van der Waals surface area (Å²) in [6.45, 7) is 0. The first kappa shape index (κ1) is 31.0. The number of rotatable bonds is 12. The standard InChI is InChI=1S/C32H36O11/c1-34-20-15-22(35-2)21-17-28(42-29(33)10-9-18-11-24(36-3)31(40-7)25(12-18)37-4)30(43-23(21)16-20)19-13-26(38-5)32(41-8)27(14-19)39-6/h9-16,28,30H,17H2,1-8H3/b10-9+/t28-,30+/m1/s1. The van der Waals surface area contributed by atoms with Crippen molar-refractivity contribution in [3.63, 3.8) is 0 Å². The van der Waals surface area contributed by atoms with Crippen LogP contribution in [-0.2, 0) is 16.0 Å². The summed E-state index contributed by atoms with van der Waals surface area (Å²) in [5, 5.41) is 0. The van der Waals surface area contributed by atoms with Gasteiger partial charge in [-0.2, -0.15) is 0 Å². The zero-order valence-electron chi connectivity index (χ0n) is 25.5. The van der Waals surface area contributed by atoms with E-state index in [9.17, 15) is 4.79 Å². The molecule has 2 atom stereocenters. The van der Waals surface area contributed by atoms with Crippen molar-refractivity contribution < 1.29 is 52.2 Å². The maximum atomic E-state index is 13.2. The summed E-state index contributed by atoms with van der Waals surface area (Å²) in [7, 11) is 12.3. The Morgan fingerprint density at radius 2 is 1.21 bits per heavy atom. The van der Waals surface area contributed by atoms with Crippen LogP contribution in [0.15, 0.2) is 42.5 Å². The van der Waals surface area contributed by atoms with Crippen LogP contribution in [0.4, 0.5) is 0 Å². The largest absolute Gasteiger partial charge is 0.496 e. The second-order valence-corrected chi connectivity index (χ2v) is 9.27. The molecule has 11 heteroatoms. The molecule has 1 aliphatic heterocycles. The first-order valence-electron chi connectivity index (χ1n) is 13.2. The lowest BCUT2D eigenvalue weighted by Crippen LogP contribution is -2.34. The minimum absolute atomic E-state index is 0.299. The van der Waals surface area contributed by atoms with Crippen molar-refractivity contribution in [1.82, 2.24) is 0 Å². The summed E-state index contributed by atoms with van der Waals surface area (Å²) in [5.74, 6) is 3.70. The van der Waals surface area contributed by atoms with E-state index in [0.717, 1.165) is 5.56 Å². The minimum atomic E-state index is -0.755. The van der Waals surface area contributed by atoms with Gasteiger partial charge in [0, 0.05) is 35.8 Å². The second-order valence-electron chi connectivity index (χ2n) is 9.27. The molecule has 0 aromatic heterocycles. The van der Waals surface area contributed by atoms with E-state index in [0.29, 0.717) is 69.3 Å². The fourth-order valence-electron chi connectivity index (χ4n) is 4.93. The summed E-state index contributed by atoms with van der Waals surface area (Å²) < 4.78 is 56.4. The Morgan fingerprint density at radius 1 is 0.674 bits per heavy atom. The topological polar surface area (TPSA) is 109 Å². The van der Waals surface area contributed by atoms with Gasteiger partial charge in [-0.05, 0) is 35.9 Å². The molecule has 0 saturated heterocycles. The van der Waals surface area contributed by atoms with E-state index in [2.05, 4.69) is 0 Å². The summed E-state index contributed by atoms with van der Waals surface area (Å²) >= 11 is 0. The van der Waals surface area contributed by atoms with E-state index in [1.807, 2.05) is 0 Å². The van der Waals surface area contributed by atoms with E-state index in [4.69, 9.17) is 47.4 Å². The highest BCUT2D eigenvalue weighted by Gasteiger charge is 2.37. The van der Waals surface area contributed by atoms with Gasteiger partial charge in [-0.1, -0.05) is 0 Å². The Morgan fingerprint density at radius 3 is 1.70 bits per heavy atom. The van der Waals surface area contributed by atoms with Crippen molar-refractivity contribution in [3.8, 4) is 51.7 Å². The quantitative estimate of drug-likeness (QED) is 0.207. The number of benzene rings is 3. The molecule has 0 N–H and O–H groups in total. The third kappa shape index (κ3) is 6.45. The third-order valence-corrected chi connectivity index (χ3v) is 6.98. The van der Waals surface area contributed by atoms with Gasteiger partial charge < -0.3 is 47.4 Å². The van der Waals surface area contributed by atoms with Crippen LogP contribution < -0.4 is 42.6 Å². The summed E-state index contributed by atoms with van der Waals surface area (Å²) in [4.78, 5) is 13.2. The second kappa shape index (κ2) is 13.8. The average Bonchev–Trinajstić information content (AvgIpc) is 3.04. The molecule has 0 radical (unpaired) electrons. The summed E-state index contributed by atoms with van der Waals surface area (Å²) in [5.41, 5.74) is 2.03. The maximum absolute atomic E-state index is 13.2. The smallest absolute Gasteiger partial charge is 0.331 e. The molecule has 0 unspecified atom stereocenters. The first-order chi connectivity index (χ1) is 20.8. The Labute approximate surface area is 250 Å². The molecular weight excluding hydrogens is 560 g/mol. The van der Waals surface area contributed by atoms with Crippen LogP contribution >= 0.6 is 0 Å². The van der Waals surface area contributed by atoms with Gasteiger partial charge in [0.15, 0.2) is 29.1 Å². The molecule has 43 heavy (non-hydrogen) atoms. The van der Waals surface area contributed by atoms with Crippen LogP contribution in [0, 0.1) is 0 Å². The lowest BCUT2D eigenvalue weighted by molar-refractivity contribution is -0.149. The predicted octanol–water partition coefficient (Wildman–Crippen LogP) is 5.06. The SMILES string of the molecule is COc1cc(OC)c2c(c1)O[C@@H](c1cc(OC)c(OC)c(OC)c1)[C@H](OC(=O)/C=C/c1cc(OC)c(OC)c(OC)c1)C2. The highest BCUT2D eigenvalue weighted by atomic mass is 16.6. The van der Waals surface area contributed by atoms with Gasteiger partial charge in [-0.3, -0.25) is 0 Å². The number of methoxy groups -OCH3 is 8. The molecule has 0 aliphatic carbocycles. The van der Waals surface area contributed by atoms with Crippen molar-refractivity contribution in [2.24, 2.45) is 0 Å². The van der Waals surface area contributed by atoms with Crippen LogP contribution in [0.2, 0.25) is 0 Å². The molecule has 0 bridgehead atoms. The number of hydrogen-bond acceptors (Lipinski definition) is 11. The Hall–Kier alpha value is -4.93. The average molecular weight is 597 g/mol. The molecule has 4 rings (SSSR count). The summed E-state index contributed by atoms with van der Waals surface area (Å²) in [6, 6.07) is 10.5. The molecule has 0 amide bonds. The van der Waals surface area contributed by atoms with Crippen LogP contribution in [0.3, 0.4) is 0 Å². The van der Waals surface area contributed by atoms with Crippen molar-refractivity contribution in [3.05, 3.63) is 59.2 Å². The van der Waals surface area contributed by atoms with Gasteiger partial charge in [0.1, 0.15) is 23.4 Å². The molecule has 11 nitrogen and oxygen atoms in total. The highest BCUT2D eigenvalue weighted by Crippen LogP contribution is 2.47. The van der Waals surface area contributed by atoms with Gasteiger partial charge in [0.2, 0.25) is 11.5 Å². The van der Waals surface area contributed by atoms with E-state index in [1.54, 1.807) is 56.7 Å². The number of hydrogen-bond donors (Lipinski definition) is 0. The Bertz CT molecular complexity index is 1430. The lowest BCUT2D eigenvalue weighted by Gasteiger charge is -2.34. The van der Waals surface area contributed by atoms with Gasteiger partial charge >= 0.3 is 5.97 Å². The van der Waals surface area contributed by atoms with Crippen molar-refractivity contribution >= 4 is 12.0 Å². The van der Waals surface area contributed by atoms with Gasteiger partial charge in [0.05, 0.1) is 56.9 Å². The number of ether oxygens (including phenoxy) is 10. The highest BCUT2D eigenvalue weighted by molar-refractivity contribution is 5.87. The number of carbonyl (C=O) groups is 1. The Kier molecular flexibility index (Phi) is 9.97. The number of fused-ring (bicyclic) bond motifs is 1. The van der Waals surface area contributed by atoms with Gasteiger partial charge in [0.25, 0.3) is 0 Å². The zero-order valence-corrected chi connectivity index (χ0v) is 25.5. The zero-order chi connectivity index (χ0) is 31.1. The van der Waals surface area contributed by atoms with Crippen LogP contribution in [0.5, 0.6) is 51.7 Å². The lowest BCUT2D eigenvalue weighted by atomic mass is 9.93. The van der Waals surface area contributed by atoms with Gasteiger partial charge in [-0.25, -0.2) is 4.79 Å². The normalized spacial score (nSPS) is 15.5. The molecule has 1 heterocycles. The maximum Gasteiger partial charge on any atom is 0.331 e. The molecule has 0 spiro atoms. The molecule has 3 aromatic rings. The fraction of sp³-hybridized carbons (Fsp3) is 0.344. The third-order valence-electron chi connectivity index (χ3n) is 6.98. The molecule has 3 aromatic carbocycles. The number of esters is 1. The van der Waals surface area contributed by atoms with Crippen LogP contribution in [-0.4, -0.2) is 69.0 Å². The van der Waals surface area contributed by atoms with Gasteiger partial charge in [-0.15, -0.1) is 0 Å². The predicted molar refractivity (Wildman–Crippen MR) is 158 cm³/mol. The van der Waals surface area contributed by atoms with Crippen molar-refractivity contribution in [2.45, 2.75) is 18.6 Å². The van der Waals surface area contributed by atoms with Crippen LogP contribution in [0.25, 0.3) is 6.08 Å². The van der Waals surface area contributed by atoms with E-state index in [-0.39, 0.29) is 0 Å². The molecule has 1 aliphatic rings. The summed E-state index contributed by atoms with van der Waals surface area (Å²) in [6.07, 6.45) is 1.73.